The van der Waals surface area contributed by atoms with Gasteiger partial charge in [-0.2, -0.15) is 0 Å². The van der Waals surface area contributed by atoms with Crippen molar-refractivity contribution in [2.45, 2.75) is 50.0 Å². The predicted molar refractivity (Wildman–Crippen MR) is 93.8 cm³/mol. The fourth-order valence-electron chi connectivity index (χ4n) is 2.64. The summed E-state index contributed by atoms with van der Waals surface area (Å²) < 4.78 is 28.4. The van der Waals surface area contributed by atoms with Crippen LogP contribution < -0.4 is 10.1 Å². The van der Waals surface area contributed by atoms with Gasteiger partial charge >= 0.3 is 0 Å². The number of sulfone groups is 1. The highest BCUT2D eigenvalue weighted by Gasteiger charge is 2.15. The minimum atomic E-state index is -3.23. The molecule has 1 atom stereocenters. The van der Waals surface area contributed by atoms with Crippen LogP contribution in [0.3, 0.4) is 0 Å². The van der Waals surface area contributed by atoms with Crippen molar-refractivity contribution in [1.82, 2.24) is 5.32 Å². The monoisotopic (exact) mass is 351 g/mol. The van der Waals surface area contributed by atoms with E-state index in [-0.39, 0.29) is 10.8 Å². The van der Waals surface area contributed by atoms with E-state index in [0.717, 1.165) is 25.5 Å². The molecule has 0 saturated carbocycles. The second kappa shape index (κ2) is 8.33. The molecule has 1 N–H and O–H groups in total. The lowest BCUT2D eigenvalue weighted by molar-refractivity contribution is -0.127. The number of nitrogens with one attached hydrogen (secondary N) is 1. The first-order valence-corrected chi connectivity index (χ1v) is 10.2. The Hall–Kier alpha value is -1.82. The molecule has 1 aliphatic carbocycles. The van der Waals surface area contributed by atoms with Crippen LogP contribution in [-0.4, -0.2) is 33.2 Å². The summed E-state index contributed by atoms with van der Waals surface area (Å²) in [6.45, 7) is 2.30. The molecule has 5 nitrogen and oxygen atoms in total. The van der Waals surface area contributed by atoms with Gasteiger partial charge in [-0.15, -0.1) is 0 Å². The van der Waals surface area contributed by atoms with Gasteiger partial charge in [-0.05, 0) is 63.3 Å². The molecular weight excluding hydrogens is 326 g/mol. The Kier molecular flexibility index (Phi) is 6.43. The van der Waals surface area contributed by atoms with Crippen molar-refractivity contribution >= 4 is 15.7 Å². The van der Waals surface area contributed by atoms with Gasteiger partial charge in [0.2, 0.25) is 0 Å². The van der Waals surface area contributed by atoms with Gasteiger partial charge in [0.25, 0.3) is 5.91 Å². The molecule has 132 valence electrons. The molecule has 2 rings (SSSR count). The third kappa shape index (κ3) is 5.67. The quantitative estimate of drug-likeness (QED) is 0.767. The largest absolute Gasteiger partial charge is 0.481 e. The molecule has 0 aliphatic heterocycles. The molecule has 0 aromatic heterocycles. The summed E-state index contributed by atoms with van der Waals surface area (Å²) in [4.78, 5) is 12.3. The smallest absolute Gasteiger partial charge is 0.260 e. The predicted octanol–water partition coefficient (Wildman–Crippen LogP) is 2.86. The topological polar surface area (TPSA) is 72.5 Å². The molecule has 0 heterocycles. The van der Waals surface area contributed by atoms with E-state index >= 15 is 0 Å². The summed E-state index contributed by atoms with van der Waals surface area (Å²) in [7, 11) is -3.23. The summed E-state index contributed by atoms with van der Waals surface area (Å²) in [5, 5.41) is 2.88. The Morgan fingerprint density at radius 3 is 2.54 bits per heavy atom. The Balaban J connectivity index is 1.79. The lowest BCUT2D eigenvalue weighted by atomic mass is 9.97. The summed E-state index contributed by atoms with van der Waals surface area (Å²) in [6.07, 6.45) is 8.47. The van der Waals surface area contributed by atoms with Crippen LogP contribution in [0.1, 0.15) is 39.0 Å². The van der Waals surface area contributed by atoms with E-state index in [1.54, 1.807) is 19.1 Å². The number of allylic oxidation sites excluding steroid dienone is 1. The summed E-state index contributed by atoms with van der Waals surface area (Å²) >= 11 is 0. The number of hydrogen-bond acceptors (Lipinski definition) is 4. The van der Waals surface area contributed by atoms with E-state index in [4.69, 9.17) is 4.74 Å². The fourth-order valence-corrected chi connectivity index (χ4v) is 3.28. The Labute approximate surface area is 144 Å². The number of rotatable bonds is 7. The zero-order valence-corrected chi connectivity index (χ0v) is 15.1. The maximum atomic E-state index is 12.1. The minimum Gasteiger partial charge on any atom is -0.481 e. The molecule has 0 fully saturated rings. The van der Waals surface area contributed by atoms with E-state index in [0.29, 0.717) is 12.3 Å². The lowest BCUT2D eigenvalue weighted by Crippen LogP contribution is -2.36. The fraction of sp³-hybridized carbons (Fsp3) is 0.500. The number of ether oxygens (including phenoxy) is 1. The second-order valence-electron chi connectivity index (χ2n) is 6.15. The van der Waals surface area contributed by atoms with Crippen molar-refractivity contribution in [2.24, 2.45) is 0 Å². The number of carbonyl (C=O) groups is 1. The van der Waals surface area contributed by atoms with E-state index in [1.165, 1.54) is 30.5 Å². The van der Waals surface area contributed by atoms with Gasteiger partial charge in [0.05, 0.1) is 4.90 Å². The maximum absolute atomic E-state index is 12.1. The van der Waals surface area contributed by atoms with Crippen LogP contribution in [0.25, 0.3) is 0 Å². The lowest BCUT2D eigenvalue weighted by Gasteiger charge is -2.16. The number of carbonyl (C=O) groups excluding carboxylic acids is 1. The second-order valence-corrected chi connectivity index (χ2v) is 8.17. The van der Waals surface area contributed by atoms with Gasteiger partial charge in [-0.3, -0.25) is 4.79 Å². The first kappa shape index (κ1) is 18.5. The first-order chi connectivity index (χ1) is 11.4. The SMILES string of the molecule is CC(Oc1ccc(S(C)(=O)=O)cc1)C(=O)NCCC1=CCCCC1. The highest BCUT2D eigenvalue weighted by molar-refractivity contribution is 7.90. The number of benzene rings is 1. The van der Waals surface area contributed by atoms with Crippen LogP contribution >= 0.6 is 0 Å². The van der Waals surface area contributed by atoms with Gasteiger partial charge in [0.1, 0.15) is 5.75 Å². The van der Waals surface area contributed by atoms with Gasteiger partial charge < -0.3 is 10.1 Å². The molecule has 6 heteroatoms. The molecule has 1 unspecified atom stereocenters. The van der Waals surface area contributed by atoms with Gasteiger partial charge in [-0.1, -0.05) is 11.6 Å². The van der Waals surface area contributed by atoms with Crippen molar-refractivity contribution in [3.05, 3.63) is 35.9 Å². The molecule has 1 amide bonds. The molecule has 0 saturated heterocycles. The minimum absolute atomic E-state index is 0.168. The van der Waals surface area contributed by atoms with E-state index in [1.807, 2.05) is 0 Å². The van der Waals surface area contributed by atoms with E-state index < -0.39 is 15.9 Å². The molecule has 1 aliphatic rings. The molecule has 1 aromatic carbocycles. The number of hydrogen-bond donors (Lipinski definition) is 1. The molecule has 0 radical (unpaired) electrons. The van der Waals surface area contributed by atoms with Crippen LogP contribution in [0, 0.1) is 0 Å². The zero-order valence-electron chi connectivity index (χ0n) is 14.2. The highest BCUT2D eigenvalue weighted by Crippen LogP contribution is 2.19. The Morgan fingerprint density at radius 1 is 1.25 bits per heavy atom. The molecule has 0 spiro atoms. The first-order valence-electron chi connectivity index (χ1n) is 8.28. The van der Waals surface area contributed by atoms with Crippen molar-refractivity contribution in [1.29, 1.82) is 0 Å². The Morgan fingerprint density at radius 2 is 1.96 bits per heavy atom. The van der Waals surface area contributed by atoms with Gasteiger partial charge in [0, 0.05) is 12.8 Å². The van der Waals surface area contributed by atoms with Crippen LogP contribution in [0.5, 0.6) is 5.75 Å². The standard InChI is InChI=1S/C18H25NO4S/c1-14(18(20)19-13-12-15-6-4-3-5-7-15)23-16-8-10-17(11-9-16)24(2,21)22/h6,8-11,14H,3-5,7,12-13H2,1-2H3,(H,19,20). The van der Waals surface area contributed by atoms with Gasteiger partial charge in [0.15, 0.2) is 15.9 Å². The van der Waals surface area contributed by atoms with Crippen molar-refractivity contribution < 1.29 is 17.9 Å². The van der Waals surface area contributed by atoms with Crippen molar-refractivity contribution in [3.8, 4) is 5.75 Å². The third-order valence-electron chi connectivity index (χ3n) is 4.06. The summed E-state index contributed by atoms with van der Waals surface area (Å²) in [5.41, 5.74) is 1.42. The maximum Gasteiger partial charge on any atom is 0.260 e. The molecule has 0 bridgehead atoms. The third-order valence-corrected chi connectivity index (χ3v) is 5.19. The van der Waals surface area contributed by atoms with Gasteiger partial charge in [-0.25, -0.2) is 8.42 Å². The summed E-state index contributed by atoms with van der Waals surface area (Å²) in [6, 6.07) is 6.08. The van der Waals surface area contributed by atoms with Crippen molar-refractivity contribution in [2.75, 3.05) is 12.8 Å². The van der Waals surface area contributed by atoms with Crippen molar-refractivity contribution in [3.63, 3.8) is 0 Å². The average Bonchev–Trinajstić information content (AvgIpc) is 2.55. The highest BCUT2D eigenvalue weighted by atomic mass is 32.2. The Bertz CT molecular complexity index is 692. The molecular formula is C18H25NO4S. The molecule has 24 heavy (non-hydrogen) atoms. The van der Waals surface area contributed by atoms with Crippen LogP contribution in [0.15, 0.2) is 40.8 Å². The van der Waals surface area contributed by atoms with Crippen LogP contribution in [0.4, 0.5) is 0 Å². The zero-order chi connectivity index (χ0) is 17.6. The summed E-state index contributed by atoms with van der Waals surface area (Å²) in [5.74, 6) is 0.304. The molecule has 1 aromatic rings. The number of amides is 1. The average molecular weight is 351 g/mol. The normalized spacial score (nSPS) is 16.2. The van der Waals surface area contributed by atoms with Crippen LogP contribution in [0.2, 0.25) is 0 Å². The van der Waals surface area contributed by atoms with E-state index in [9.17, 15) is 13.2 Å². The van der Waals surface area contributed by atoms with Crippen LogP contribution in [-0.2, 0) is 14.6 Å². The van der Waals surface area contributed by atoms with E-state index in [2.05, 4.69) is 11.4 Å².